The van der Waals surface area contributed by atoms with Gasteiger partial charge in [0.25, 0.3) is 0 Å². The Hall–Kier alpha value is -2.37. The number of fused-ring (bicyclic) bond motifs is 1. The van der Waals surface area contributed by atoms with E-state index in [0.29, 0.717) is 6.54 Å². The van der Waals surface area contributed by atoms with E-state index in [1.54, 1.807) is 17.6 Å². The fourth-order valence-electron chi connectivity index (χ4n) is 3.15. The predicted molar refractivity (Wildman–Crippen MR) is 96.8 cm³/mol. The molecule has 1 aromatic carbocycles. The number of nitrogens with zero attached hydrogens (tertiary/aromatic N) is 4. The number of anilines is 1. The van der Waals surface area contributed by atoms with Gasteiger partial charge >= 0.3 is 6.09 Å². The number of aryl methyl sites for hydroxylation is 2. The normalized spacial score (nSPS) is 16.0. The average Bonchev–Trinajstić information content (AvgIpc) is 3.10. The third-order valence-electron chi connectivity index (χ3n) is 4.34. The number of rotatable bonds is 3. The van der Waals surface area contributed by atoms with Crippen molar-refractivity contribution in [2.75, 3.05) is 11.4 Å². The van der Waals surface area contributed by atoms with E-state index in [-0.39, 0.29) is 11.5 Å². The molecular weight excluding hydrogens is 316 g/mol. The summed E-state index contributed by atoms with van der Waals surface area (Å²) in [7, 11) is 0. The lowest BCUT2D eigenvalue weighted by Crippen LogP contribution is -2.38. The van der Waals surface area contributed by atoms with Crippen LogP contribution in [0.1, 0.15) is 45.7 Å². The van der Waals surface area contributed by atoms with Crippen molar-refractivity contribution in [2.45, 2.75) is 58.6 Å². The van der Waals surface area contributed by atoms with E-state index in [0.717, 1.165) is 18.7 Å². The minimum absolute atomic E-state index is 0.102. The van der Waals surface area contributed by atoms with Crippen LogP contribution in [0.2, 0.25) is 0 Å². The highest BCUT2D eigenvalue weighted by atomic mass is 16.6. The van der Waals surface area contributed by atoms with E-state index in [1.165, 1.54) is 11.1 Å². The monoisotopic (exact) mass is 342 g/mol. The third kappa shape index (κ3) is 3.83. The van der Waals surface area contributed by atoms with E-state index in [9.17, 15) is 4.79 Å². The van der Waals surface area contributed by atoms with Crippen LogP contribution in [0.5, 0.6) is 0 Å². The average molecular weight is 342 g/mol. The standard InChI is InChI=1S/C19H26N4O2/c1-18(2,3)25-17(24)23-11-19(4,5)15-10-14(6-7-16(15)23)8-9-22-13-20-12-21-22/h6-7,10,12-13H,8-9,11H2,1-5H3. The summed E-state index contributed by atoms with van der Waals surface area (Å²) in [5.41, 5.74) is 2.77. The molecule has 0 saturated heterocycles. The molecule has 3 rings (SSSR count). The van der Waals surface area contributed by atoms with E-state index in [2.05, 4.69) is 36.1 Å². The fourth-order valence-corrected chi connectivity index (χ4v) is 3.15. The molecule has 2 heterocycles. The summed E-state index contributed by atoms with van der Waals surface area (Å²) in [5.74, 6) is 0. The molecule has 1 amide bonds. The second-order valence-corrected chi connectivity index (χ2v) is 8.21. The van der Waals surface area contributed by atoms with E-state index in [1.807, 2.05) is 31.5 Å². The molecule has 1 aliphatic rings. The Morgan fingerprint density at radius 2 is 2.08 bits per heavy atom. The van der Waals surface area contributed by atoms with Crippen molar-refractivity contribution in [1.29, 1.82) is 0 Å². The molecule has 134 valence electrons. The number of aromatic nitrogens is 3. The first-order valence-corrected chi connectivity index (χ1v) is 8.62. The van der Waals surface area contributed by atoms with Gasteiger partial charge < -0.3 is 4.74 Å². The first-order chi connectivity index (χ1) is 11.7. The van der Waals surface area contributed by atoms with Crippen LogP contribution in [0.4, 0.5) is 10.5 Å². The summed E-state index contributed by atoms with van der Waals surface area (Å²) in [6.07, 6.45) is 3.86. The number of carbonyl (C=O) groups is 1. The highest BCUT2D eigenvalue weighted by Crippen LogP contribution is 2.41. The second-order valence-electron chi connectivity index (χ2n) is 8.21. The lowest BCUT2D eigenvalue weighted by molar-refractivity contribution is 0.0579. The highest BCUT2D eigenvalue weighted by Gasteiger charge is 2.39. The first kappa shape index (κ1) is 17.5. The molecule has 0 bridgehead atoms. The largest absolute Gasteiger partial charge is 0.443 e. The van der Waals surface area contributed by atoms with Gasteiger partial charge in [-0.25, -0.2) is 9.78 Å². The van der Waals surface area contributed by atoms with Crippen molar-refractivity contribution >= 4 is 11.8 Å². The quantitative estimate of drug-likeness (QED) is 0.856. The van der Waals surface area contributed by atoms with Gasteiger partial charge in [0.05, 0.1) is 5.69 Å². The molecule has 0 spiro atoms. The smallest absolute Gasteiger partial charge is 0.414 e. The van der Waals surface area contributed by atoms with Crippen LogP contribution in [0.3, 0.4) is 0 Å². The van der Waals surface area contributed by atoms with Crippen molar-refractivity contribution in [2.24, 2.45) is 0 Å². The van der Waals surface area contributed by atoms with E-state index in [4.69, 9.17) is 4.74 Å². The van der Waals surface area contributed by atoms with Crippen LogP contribution in [0, 0.1) is 0 Å². The molecule has 0 saturated carbocycles. The number of amides is 1. The molecule has 0 radical (unpaired) electrons. The van der Waals surface area contributed by atoms with Gasteiger partial charge in [0.2, 0.25) is 0 Å². The molecule has 2 aromatic rings. The van der Waals surface area contributed by atoms with Gasteiger partial charge in [-0.2, -0.15) is 5.10 Å². The Labute approximate surface area is 148 Å². The van der Waals surface area contributed by atoms with Crippen LogP contribution in [0.25, 0.3) is 0 Å². The Kier molecular flexibility index (Phi) is 4.31. The van der Waals surface area contributed by atoms with Crippen LogP contribution >= 0.6 is 0 Å². The summed E-state index contributed by atoms with van der Waals surface area (Å²) in [6.45, 7) is 11.4. The number of ether oxygens (including phenoxy) is 1. The van der Waals surface area contributed by atoms with Gasteiger partial charge in [-0.15, -0.1) is 0 Å². The Balaban J connectivity index is 1.81. The molecule has 0 aliphatic carbocycles. The maximum absolute atomic E-state index is 12.6. The summed E-state index contributed by atoms with van der Waals surface area (Å²) in [4.78, 5) is 18.3. The highest BCUT2D eigenvalue weighted by molar-refractivity contribution is 5.91. The van der Waals surface area contributed by atoms with Crippen molar-refractivity contribution in [1.82, 2.24) is 14.8 Å². The molecule has 1 aliphatic heterocycles. The number of carbonyl (C=O) groups excluding carboxylic acids is 1. The van der Waals surface area contributed by atoms with E-state index >= 15 is 0 Å². The zero-order chi connectivity index (χ0) is 18.2. The van der Waals surface area contributed by atoms with Gasteiger partial charge in [0, 0.05) is 18.5 Å². The van der Waals surface area contributed by atoms with Crippen LogP contribution in [-0.4, -0.2) is 33.0 Å². The zero-order valence-corrected chi connectivity index (χ0v) is 15.6. The summed E-state index contributed by atoms with van der Waals surface area (Å²) in [5, 5.41) is 4.14. The fraction of sp³-hybridized carbons (Fsp3) is 0.526. The maximum atomic E-state index is 12.6. The Morgan fingerprint density at radius 3 is 2.72 bits per heavy atom. The molecule has 0 atom stereocenters. The van der Waals surface area contributed by atoms with Crippen molar-refractivity contribution < 1.29 is 9.53 Å². The summed E-state index contributed by atoms with van der Waals surface area (Å²) >= 11 is 0. The van der Waals surface area contributed by atoms with Gasteiger partial charge in [-0.05, 0) is 44.4 Å². The predicted octanol–water partition coefficient (Wildman–Crippen LogP) is 3.55. The minimum Gasteiger partial charge on any atom is -0.443 e. The van der Waals surface area contributed by atoms with E-state index < -0.39 is 5.60 Å². The minimum atomic E-state index is -0.498. The lowest BCUT2D eigenvalue weighted by atomic mass is 9.86. The Morgan fingerprint density at radius 1 is 1.32 bits per heavy atom. The number of hydrogen-bond acceptors (Lipinski definition) is 4. The van der Waals surface area contributed by atoms with Gasteiger partial charge in [-0.1, -0.05) is 26.0 Å². The van der Waals surface area contributed by atoms with Crippen molar-refractivity contribution in [3.05, 3.63) is 42.0 Å². The molecule has 0 N–H and O–H groups in total. The molecule has 25 heavy (non-hydrogen) atoms. The molecule has 6 nitrogen and oxygen atoms in total. The Bertz CT molecular complexity index is 760. The molecule has 6 heteroatoms. The van der Waals surface area contributed by atoms with Gasteiger partial charge in [0.1, 0.15) is 18.3 Å². The van der Waals surface area contributed by atoms with Crippen molar-refractivity contribution in [3.8, 4) is 0 Å². The van der Waals surface area contributed by atoms with Gasteiger partial charge in [-0.3, -0.25) is 9.58 Å². The number of benzene rings is 1. The molecule has 0 unspecified atom stereocenters. The summed E-state index contributed by atoms with van der Waals surface area (Å²) in [6, 6.07) is 6.32. The van der Waals surface area contributed by atoms with Crippen LogP contribution < -0.4 is 4.90 Å². The second kappa shape index (κ2) is 6.17. The third-order valence-corrected chi connectivity index (χ3v) is 4.34. The van der Waals surface area contributed by atoms with Crippen molar-refractivity contribution in [3.63, 3.8) is 0 Å². The molecule has 0 fully saturated rings. The summed E-state index contributed by atoms with van der Waals surface area (Å²) < 4.78 is 7.39. The maximum Gasteiger partial charge on any atom is 0.414 e. The first-order valence-electron chi connectivity index (χ1n) is 8.62. The van der Waals surface area contributed by atoms with Crippen LogP contribution in [-0.2, 0) is 23.1 Å². The molecule has 1 aromatic heterocycles. The van der Waals surface area contributed by atoms with Gasteiger partial charge in [0.15, 0.2) is 0 Å². The zero-order valence-electron chi connectivity index (χ0n) is 15.6. The SMILES string of the molecule is CC(C)(C)OC(=O)N1CC(C)(C)c2cc(CCn3cncn3)ccc21. The number of hydrogen-bond donors (Lipinski definition) is 0. The molecular formula is C19H26N4O2. The van der Waals surface area contributed by atoms with Crippen LogP contribution in [0.15, 0.2) is 30.9 Å². The topological polar surface area (TPSA) is 60.2 Å². The lowest BCUT2D eigenvalue weighted by Gasteiger charge is -2.25.